The topological polar surface area (TPSA) is 90.2 Å². The number of hydrogen-bond acceptors (Lipinski definition) is 6. The van der Waals surface area contributed by atoms with Crippen LogP contribution in [0.5, 0.6) is 0 Å². The lowest BCUT2D eigenvalue weighted by Gasteiger charge is -2.32. The average molecular weight is 194 g/mol. The van der Waals surface area contributed by atoms with E-state index >= 15 is 0 Å². The summed E-state index contributed by atoms with van der Waals surface area (Å²) >= 11 is 0. The highest BCUT2D eigenvalue weighted by Gasteiger charge is 2.37. The molecule has 7 nitrogen and oxygen atoms in total. The van der Waals surface area contributed by atoms with Crippen molar-refractivity contribution in [1.29, 1.82) is 0 Å². The second kappa shape index (κ2) is 2.96. The lowest BCUT2D eigenvalue weighted by Crippen LogP contribution is -2.68. The van der Waals surface area contributed by atoms with E-state index in [1.165, 1.54) is 6.34 Å². The van der Waals surface area contributed by atoms with Crippen LogP contribution in [0.1, 0.15) is 0 Å². The van der Waals surface area contributed by atoms with Crippen molar-refractivity contribution >= 4 is 23.8 Å². The van der Waals surface area contributed by atoms with E-state index in [2.05, 4.69) is 30.9 Å². The summed E-state index contributed by atoms with van der Waals surface area (Å²) in [6.07, 6.45) is 1.31. The first-order chi connectivity index (χ1) is 6.71. The molecule has 0 unspecified atom stereocenters. The molecular formula is C7H10N6O. The minimum absolute atomic E-state index is 0.256. The number of fused-ring (bicyclic) bond motifs is 1. The van der Waals surface area contributed by atoms with E-state index in [4.69, 9.17) is 0 Å². The largest absolute Gasteiger partial charge is 0.301 e. The molecule has 0 bridgehead atoms. The molecule has 0 aromatic carbocycles. The highest BCUT2D eigenvalue weighted by Crippen LogP contribution is 2.08. The highest BCUT2D eigenvalue weighted by atomic mass is 16.2. The first-order valence-electron chi connectivity index (χ1n) is 4.11. The molecule has 3 N–H and O–H groups in total. The summed E-state index contributed by atoms with van der Waals surface area (Å²) in [6, 6.07) is 0. The van der Waals surface area contributed by atoms with Gasteiger partial charge in [-0.1, -0.05) is 0 Å². The SMILES string of the molecule is CNC1(NC)N=C2N=CN=C2C(=O)N1. The molecule has 2 aliphatic rings. The van der Waals surface area contributed by atoms with Gasteiger partial charge in [0.25, 0.3) is 5.91 Å². The second-order valence-electron chi connectivity index (χ2n) is 2.82. The van der Waals surface area contributed by atoms with Gasteiger partial charge < -0.3 is 5.32 Å². The molecule has 0 atom stereocenters. The molecule has 0 saturated heterocycles. The van der Waals surface area contributed by atoms with E-state index in [1.54, 1.807) is 14.1 Å². The number of carbonyl (C=O) groups excluding carboxylic acids is 1. The molecular weight excluding hydrogens is 184 g/mol. The third kappa shape index (κ3) is 1.14. The van der Waals surface area contributed by atoms with Crippen molar-refractivity contribution in [2.24, 2.45) is 15.0 Å². The van der Waals surface area contributed by atoms with Crippen molar-refractivity contribution in [3.05, 3.63) is 0 Å². The van der Waals surface area contributed by atoms with E-state index in [0.29, 0.717) is 5.84 Å². The Morgan fingerprint density at radius 3 is 2.79 bits per heavy atom. The Hall–Kier alpha value is -1.60. The number of nitrogens with one attached hydrogen (secondary N) is 3. The minimum Gasteiger partial charge on any atom is -0.301 e. The maximum absolute atomic E-state index is 11.5. The Balaban J connectivity index is 2.43. The predicted molar refractivity (Wildman–Crippen MR) is 52.4 cm³/mol. The maximum atomic E-state index is 11.5. The zero-order valence-corrected chi connectivity index (χ0v) is 7.83. The second-order valence-corrected chi connectivity index (χ2v) is 2.82. The van der Waals surface area contributed by atoms with Crippen molar-refractivity contribution in [3.8, 4) is 0 Å². The number of amidine groups is 1. The van der Waals surface area contributed by atoms with E-state index < -0.39 is 5.91 Å². The molecule has 0 saturated carbocycles. The summed E-state index contributed by atoms with van der Waals surface area (Å²) in [5.74, 6) is -0.929. The molecule has 0 aromatic heterocycles. The molecule has 0 aromatic rings. The molecule has 0 spiro atoms. The summed E-state index contributed by atoms with van der Waals surface area (Å²) in [7, 11) is 3.36. The zero-order valence-electron chi connectivity index (χ0n) is 7.83. The summed E-state index contributed by atoms with van der Waals surface area (Å²) < 4.78 is 0. The van der Waals surface area contributed by atoms with Gasteiger partial charge in [-0.25, -0.2) is 15.0 Å². The molecule has 0 aliphatic carbocycles. The number of nitrogens with zero attached hydrogens (tertiary/aromatic N) is 3. The molecule has 14 heavy (non-hydrogen) atoms. The Kier molecular flexibility index (Phi) is 1.90. The summed E-state index contributed by atoms with van der Waals surface area (Å²) in [5, 5.41) is 8.34. The van der Waals surface area contributed by atoms with Crippen LogP contribution in [-0.4, -0.2) is 43.8 Å². The average Bonchev–Trinajstić information content (AvgIpc) is 2.65. The quantitative estimate of drug-likeness (QED) is 0.446. The van der Waals surface area contributed by atoms with Gasteiger partial charge in [0.1, 0.15) is 6.34 Å². The number of rotatable bonds is 2. The van der Waals surface area contributed by atoms with Gasteiger partial charge in [0.15, 0.2) is 11.5 Å². The Morgan fingerprint density at radius 1 is 1.43 bits per heavy atom. The Bertz CT molecular complexity index is 364. The van der Waals surface area contributed by atoms with E-state index in [0.717, 1.165) is 0 Å². The van der Waals surface area contributed by atoms with Crippen LogP contribution in [0.2, 0.25) is 0 Å². The number of hydrogen-bond donors (Lipinski definition) is 3. The maximum Gasteiger partial charge on any atom is 0.277 e. The van der Waals surface area contributed by atoms with Gasteiger partial charge in [0.2, 0.25) is 5.91 Å². The molecule has 0 radical (unpaired) electrons. The number of amides is 1. The van der Waals surface area contributed by atoms with Crippen LogP contribution in [0.4, 0.5) is 0 Å². The predicted octanol–water partition coefficient (Wildman–Crippen LogP) is -1.95. The van der Waals surface area contributed by atoms with Crippen LogP contribution in [0.25, 0.3) is 0 Å². The van der Waals surface area contributed by atoms with Crippen LogP contribution in [0, 0.1) is 0 Å². The van der Waals surface area contributed by atoms with Crippen molar-refractivity contribution in [3.63, 3.8) is 0 Å². The molecule has 2 aliphatic heterocycles. The molecule has 2 rings (SSSR count). The fraction of sp³-hybridized carbons (Fsp3) is 0.429. The van der Waals surface area contributed by atoms with Crippen LogP contribution in [-0.2, 0) is 4.79 Å². The smallest absolute Gasteiger partial charge is 0.277 e. The third-order valence-corrected chi connectivity index (χ3v) is 2.09. The number of carbonyl (C=O) groups is 1. The molecule has 0 fully saturated rings. The lowest BCUT2D eigenvalue weighted by molar-refractivity contribution is -0.117. The first-order valence-corrected chi connectivity index (χ1v) is 4.11. The van der Waals surface area contributed by atoms with Crippen molar-refractivity contribution < 1.29 is 4.79 Å². The molecule has 7 heteroatoms. The highest BCUT2D eigenvalue weighted by molar-refractivity contribution is 6.69. The van der Waals surface area contributed by atoms with Crippen LogP contribution in [0.3, 0.4) is 0 Å². The Morgan fingerprint density at radius 2 is 2.14 bits per heavy atom. The third-order valence-electron chi connectivity index (χ3n) is 2.09. The van der Waals surface area contributed by atoms with Gasteiger partial charge in [0, 0.05) is 0 Å². The number of aliphatic imine (C=N–C) groups is 3. The first kappa shape index (κ1) is 8.97. The van der Waals surface area contributed by atoms with Gasteiger partial charge in [-0.2, -0.15) is 0 Å². The van der Waals surface area contributed by atoms with Gasteiger partial charge >= 0.3 is 0 Å². The van der Waals surface area contributed by atoms with Crippen LogP contribution < -0.4 is 16.0 Å². The molecule has 2 heterocycles. The van der Waals surface area contributed by atoms with Crippen LogP contribution in [0.15, 0.2) is 15.0 Å². The summed E-state index contributed by atoms with van der Waals surface area (Å²) in [6.45, 7) is 0. The van der Waals surface area contributed by atoms with E-state index in [9.17, 15) is 4.79 Å². The standard InChI is InChI=1S/C7H10N6O/c1-8-7(9-2)12-5-4(6(14)13-7)10-3-11-5/h3,8-9H,1-2H3,(H,13,14). The van der Waals surface area contributed by atoms with E-state index in [-0.39, 0.29) is 11.6 Å². The van der Waals surface area contributed by atoms with Crippen molar-refractivity contribution in [2.75, 3.05) is 14.1 Å². The van der Waals surface area contributed by atoms with Crippen molar-refractivity contribution in [1.82, 2.24) is 16.0 Å². The summed E-state index contributed by atoms with van der Waals surface area (Å²) in [4.78, 5) is 23.4. The zero-order chi connectivity index (χ0) is 10.2. The lowest BCUT2D eigenvalue weighted by atomic mass is 10.2. The van der Waals surface area contributed by atoms with Gasteiger partial charge in [0.05, 0.1) is 0 Å². The van der Waals surface area contributed by atoms with Crippen LogP contribution >= 0.6 is 0 Å². The monoisotopic (exact) mass is 194 g/mol. The fourth-order valence-corrected chi connectivity index (χ4v) is 1.27. The van der Waals surface area contributed by atoms with Gasteiger partial charge in [-0.3, -0.25) is 15.4 Å². The van der Waals surface area contributed by atoms with Gasteiger partial charge in [-0.05, 0) is 14.1 Å². The molecule has 74 valence electrons. The van der Waals surface area contributed by atoms with Gasteiger partial charge in [-0.15, -0.1) is 0 Å². The molecule has 1 amide bonds. The van der Waals surface area contributed by atoms with Crippen molar-refractivity contribution in [2.45, 2.75) is 5.91 Å². The fourth-order valence-electron chi connectivity index (χ4n) is 1.27. The normalized spacial score (nSPS) is 22.6. The Labute approximate surface area is 80.4 Å². The van der Waals surface area contributed by atoms with E-state index in [1.807, 2.05) is 0 Å². The minimum atomic E-state index is -0.979. The summed E-state index contributed by atoms with van der Waals surface area (Å²) in [5.41, 5.74) is 0.256.